The number of carbonyl (C=O) groups excluding carboxylic acids is 3. The third-order valence-corrected chi connectivity index (χ3v) is 7.22. The van der Waals surface area contributed by atoms with Crippen molar-refractivity contribution in [2.75, 3.05) is 16.0 Å². The van der Waals surface area contributed by atoms with Crippen LogP contribution < -0.4 is 16.0 Å². The van der Waals surface area contributed by atoms with Crippen LogP contribution in [-0.2, 0) is 14.5 Å². The quantitative estimate of drug-likeness (QED) is 0.133. The van der Waals surface area contributed by atoms with Crippen LogP contribution in [0.3, 0.4) is 0 Å². The number of nitrogens with zero attached hydrogens (tertiary/aromatic N) is 1. The molecule has 242 valence electrons. The highest BCUT2D eigenvalue weighted by atomic mass is 17.2. The van der Waals surface area contributed by atoms with Crippen molar-refractivity contribution in [3.63, 3.8) is 0 Å². The van der Waals surface area contributed by atoms with Crippen LogP contribution in [0.5, 0.6) is 0 Å². The highest BCUT2D eigenvalue weighted by Gasteiger charge is 2.25. The first-order valence-corrected chi connectivity index (χ1v) is 15.2. The monoisotopic (exact) mass is 650 g/mol. The first kappa shape index (κ1) is 32.0. The third-order valence-electron chi connectivity index (χ3n) is 7.22. The van der Waals surface area contributed by atoms with Gasteiger partial charge in [-0.15, -0.1) is 0 Å². The summed E-state index contributed by atoms with van der Waals surface area (Å²) in [5.74, 6) is 0. The summed E-state index contributed by atoms with van der Waals surface area (Å²) in [6.45, 7) is 0. The minimum Gasteiger partial charge on any atom is -0.289 e. The minimum atomic E-state index is -1.10. The molecule has 6 rings (SSSR count). The molecule has 6 aromatic rings. The fourth-order valence-electron chi connectivity index (χ4n) is 5.04. The van der Waals surface area contributed by atoms with Crippen molar-refractivity contribution < 1.29 is 28.9 Å². The molecule has 3 N–H and O–H groups in total. The Balaban J connectivity index is 1.21. The van der Waals surface area contributed by atoms with Gasteiger partial charge in [0.2, 0.25) is 5.39 Å². The summed E-state index contributed by atoms with van der Waals surface area (Å²) in [5, 5.41) is 7.90. The van der Waals surface area contributed by atoms with E-state index in [1.807, 2.05) is 127 Å². The van der Waals surface area contributed by atoms with Gasteiger partial charge in [0.1, 0.15) is 0 Å². The highest BCUT2D eigenvalue weighted by molar-refractivity contribution is 5.94. The molecule has 3 amide bonds. The molecular weight excluding hydrogens is 620 g/mol. The lowest BCUT2D eigenvalue weighted by atomic mass is 10.0. The molecule has 0 heterocycles. The van der Waals surface area contributed by atoms with Gasteiger partial charge in [0.15, 0.2) is 0 Å². The maximum Gasteiger partial charge on any atom is 0.435 e. The van der Waals surface area contributed by atoms with E-state index in [4.69, 9.17) is 14.5 Å². The zero-order valence-electron chi connectivity index (χ0n) is 26.0. The van der Waals surface area contributed by atoms with E-state index in [1.165, 1.54) is 0 Å². The van der Waals surface area contributed by atoms with E-state index in [2.05, 4.69) is 16.0 Å². The van der Waals surface area contributed by atoms with E-state index < -0.39 is 18.3 Å². The van der Waals surface area contributed by atoms with Gasteiger partial charge in [-0.3, -0.25) is 30.5 Å². The SMILES string of the molecule is O=C(Nc1ccccc1-c1ccccc1)ON(OC(=O)Nc1ccccc1-c1ccccc1)OC(=O)Nc1ccccc1-c1ccccc1. The summed E-state index contributed by atoms with van der Waals surface area (Å²) in [4.78, 5) is 55.1. The molecule has 10 heteroatoms. The normalized spacial score (nSPS) is 10.5. The lowest BCUT2D eigenvalue weighted by Gasteiger charge is -2.19. The predicted molar refractivity (Wildman–Crippen MR) is 188 cm³/mol. The molecule has 0 radical (unpaired) electrons. The Morgan fingerprint density at radius 1 is 0.347 bits per heavy atom. The molecule has 0 atom stereocenters. The fraction of sp³-hybridized carbons (Fsp3) is 0. The van der Waals surface area contributed by atoms with Crippen molar-refractivity contribution in [2.45, 2.75) is 0 Å². The van der Waals surface area contributed by atoms with E-state index in [0.717, 1.165) is 16.7 Å². The first-order chi connectivity index (χ1) is 24.0. The van der Waals surface area contributed by atoms with Crippen LogP contribution in [0.15, 0.2) is 164 Å². The van der Waals surface area contributed by atoms with E-state index in [9.17, 15) is 14.4 Å². The Morgan fingerprint density at radius 3 is 0.878 bits per heavy atom. The van der Waals surface area contributed by atoms with Crippen molar-refractivity contribution in [1.82, 2.24) is 5.39 Å². The number of rotatable bonds is 9. The number of anilines is 3. The summed E-state index contributed by atoms with van der Waals surface area (Å²) in [6, 6.07) is 49.4. The molecule has 0 fully saturated rings. The number of benzene rings is 6. The van der Waals surface area contributed by atoms with Crippen LogP contribution in [0.25, 0.3) is 33.4 Å². The van der Waals surface area contributed by atoms with Crippen LogP contribution in [-0.4, -0.2) is 23.7 Å². The highest BCUT2D eigenvalue weighted by Crippen LogP contribution is 2.30. The van der Waals surface area contributed by atoms with Crippen LogP contribution in [0.1, 0.15) is 0 Å². The Labute approximate surface area is 282 Å². The van der Waals surface area contributed by atoms with Crippen molar-refractivity contribution in [3.05, 3.63) is 164 Å². The van der Waals surface area contributed by atoms with Crippen LogP contribution in [0, 0.1) is 0 Å². The molecule has 0 bridgehead atoms. The molecule has 49 heavy (non-hydrogen) atoms. The minimum absolute atomic E-state index is 0.0430. The maximum atomic E-state index is 13.2. The van der Waals surface area contributed by atoms with Gasteiger partial charge in [-0.1, -0.05) is 146 Å². The standard InChI is InChI=1S/C39H30N4O6/c44-37(40-34-25-13-10-22-31(34)28-16-4-1-5-17-28)47-43(48-38(45)41-35-26-14-11-23-32(35)29-18-6-2-7-19-29)49-39(46)42-36-27-15-12-24-33(36)30-20-8-3-9-21-30/h1-27H,(H,40,44)(H,41,45)(H,42,46). The van der Waals surface area contributed by atoms with E-state index in [0.29, 0.717) is 33.8 Å². The van der Waals surface area contributed by atoms with Crippen molar-refractivity contribution >= 4 is 35.3 Å². The maximum absolute atomic E-state index is 13.2. The van der Waals surface area contributed by atoms with E-state index >= 15 is 0 Å². The molecule has 0 spiro atoms. The summed E-state index contributed by atoms with van der Waals surface area (Å²) in [5.41, 5.74) is 5.86. The molecule has 0 aliphatic rings. The van der Waals surface area contributed by atoms with Crippen molar-refractivity contribution in [3.8, 4) is 33.4 Å². The molecule has 0 aliphatic heterocycles. The second-order valence-electron chi connectivity index (χ2n) is 10.5. The smallest absolute Gasteiger partial charge is 0.289 e. The summed E-state index contributed by atoms with van der Waals surface area (Å²) in [6.07, 6.45) is -3.30. The van der Waals surface area contributed by atoms with Crippen LogP contribution >= 0.6 is 0 Å². The van der Waals surface area contributed by atoms with E-state index in [-0.39, 0.29) is 5.39 Å². The van der Waals surface area contributed by atoms with Gasteiger partial charge in [-0.2, -0.15) is 0 Å². The Bertz CT molecular complexity index is 1810. The zero-order valence-corrected chi connectivity index (χ0v) is 26.0. The summed E-state index contributed by atoms with van der Waals surface area (Å²) < 4.78 is 0. The Hall–Kier alpha value is -6.91. The van der Waals surface area contributed by atoms with Crippen LogP contribution in [0.4, 0.5) is 31.4 Å². The van der Waals surface area contributed by atoms with Gasteiger partial charge < -0.3 is 0 Å². The molecule has 0 saturated heterocycles. The van der Waals surface area contributed by atoms with Gasteiger partial charge in [0, 0.05) is 16.7 Å². The lowest BCUT2D eigenvalue weighted by molar-refractivity contribution is -0.446. The largest absolute Gasteiger partial charge is 0.435 e. The summed E-state index contributed by atoms with van der Waals surface area (Å²) >= 11 is 0. The second kappa shape index (κ2) is 15.6. The van der Waals surface area contributed by atoms with Crippen molar-refractivity contribution in [1.29, 1.82) is 0 Å². The molecular formula is C39H30N4O6. The summed E-state index contributed by atoms with van der Waals surface area (Å²) in [7, 11) is 0. The number of para-hydroxylation sites is 3. The molecule has 0 aliphatic carbocycles. The lowest BCUT2D eigenvalue weighted by Crippen LogP contribution is -2.37. The molecule has 0 saturated carbocycles. The second-order valence-corrected chi connectivity index (χ2v) is 10.5. The van der Waals surface area contributed by atoms with Gasteiger partial charge in [-0.25, -0.2) is 14.4 Å². The van der Waals surface area contributed by atoms with Crippen LogP contribution in [0.2, 0.25) is 0 Å². The topological polar surface area (TPSA) is 118 Å². The number of hydrogen-bond acceptors (Lipinski definition) is 7. The molecule has 10 nitrogen and oxygen atoms in total. The predicted octanol–water partition coefficient (Wildman–Crippen LogP) is 9.78. The number of amides is 3. The first-order valence-electron chi connectivity index (χ1n) is 15.2. The third kappa shape index (κ3) is 8.47. The Morgan fingerprint density at radius 2 is 0.592 bits per heavy atom. The van der Waals surface area contributed by atoms with Gasteiger partial charge in [0.05, 0.1) is 17.1 Å². The number of nitrogens with one attached hydrogen (secondary N) is 3. The molecule has 0 aromatic heterocycles. The zero-order chi connectivity index (χ0) is 33.8. The van der Waals surface area contributed by atoms with Gasteiger partial charge in [0.25, 0.3) is 0 Å². The van der Waals surface area contributed by atoms with Gasteiger partial charge in [-0.05, 0) is 34.9 Å². The number of hydrogen-bond donors (Lipinski definition) is 3. The molecule has 6 aromatic carbocycles. The Kier molecular flexibility index (Phi) is 10.2. The average Bonchev–Trinajstić information content (AvgIpc) is 3.13. The van der Waals surface area contributed by atoms with Crippen molar-refractivity contribution in [2.24, 2.45) is 0 Å². The average molecular weight is 651 g/mol. The number of carbonyl (C=O) groups is 3. The fourth-order valence-corrected chi connectivity index (χ4v) is 5.04. The van der Waals surface area contributed by atoms with Gasteiger partial charge >= 0.3 is 18.3 Å². The van der Waals surface area contributed by atoms with E-state index in [1.54, 1.807) is 36.4 Å². The molecule has 0 unspecified atom stereocenters.